The highest BCUT2D eigenvalue weighted by atomic mass is 16.5. The molecule has 0 aliphatic carbocycles. The lowest BCUT2D eigenvalue weighted by Crippen LogP contribution is -2.37. The fraction of sp³-hybridized carbons (Fsp3) is 1.00. The Kier molecular flexibility index (Phi) is 102. The molecule has 0 aliphatic rings. The van der Waals surface area contributed by atoms with Crippen LogP contribution in [0.1, 0.15) is 594 Å². The van der Waals surface area contributed by atoms with Crippen LogP contribution < -0.4 is 11.5 Å². The van der Waals surface area contributed by atoms with Crippen molar-refractivity contribution in [3.63, 3.8) is 0 Å². The second kappa shape index (κ2) is 103. The largest absolute Gasteiger partial charge is 0.381 e. The van der Waals surface area contributed by atoms with Gasteiger partial charge in [-0.3, -0.25) is 0 Å². The van der Waals surface area contributed by atoms with Crippen molar-refractivity contribution in [2.24, 2.45) is 35.1 Å². The molecule has 0 aromatic heterocycles. The third-order valence-corrected chi connectivity index (χ3v) is 26.6. The van der Waals surface area contributed by atoms with Crippen LogP contribution in [0.15, 0.2) is 0 Å². The third kappa shape index (κ3) is 87.0. The lowest BCUT2D eigenvalue weighted by atomic mass is 9.82. The van der Waals surface area contributed by atoms with E-state index in [1.54, 1.807) is 0 Å². The minimum atomic E-state index is 0.172. The fourth-order valence-electron chi connectivity index (χ4n) is 18.7. The van der Waals surface area contributed by atoms with Gasteiger partial charge in [-0.2, -0.15) is 0 Å². The SMILES string of the molecule is CCCCCCCCCCCCCCCCOCC(CCCN)C(OCCCCCCCCCCCCCCCC)C(CCCCCCCCCCCCC)CCOCCC(CCCCCCCCCCCCC)C(OCCCCCCCCCCCCCCCC)C(CCCN)COCCCCCCCCCCCCCCCC. The topological polar surface area (TPSA) is 98.2 Å². The van der Waals surface area contributed by atoms with E-state index in [0.29, 0.717) is 23.7 Å². The number of nitrogens with two attached hydrogens (primary N) is 2. The molecule has 0 amide bonds. The smallest absolute Gasteiger partial charge is 0.0654 e. The van der Waals surface area contributed by atoms with Crippen molar-refractivity contribution < 1.29 is 23.7 Å². The third-order valence-electron chi connectivity index (χ3n) is 26.6. The Labute approximate surface area is 726 Å². The lowest BCUT2D eigenvalue weighted by molar-refractivity contribution is -0.0723. The van der Waals surface area contributed by atoms with E-state index < -0.39 is 0 Å². The highest BCUT2D eigenvalue weighted by Gasteiger charge is 2.33. The molecule has 115 heavy (non-hydrogen) atoms. The van der Waals surface area contributed by atoms with Crippen LogP contribution in [0.3, 0.4) is 0 Å². The first-order valence-corrected chi connectivity index (χ1v) is 54.4. The molecule has 0 saturated heterocycles. The van der Waals surface area contributed by atoms with E-state index in [0.717, 1.165) is 104 Å². The maximum Gasteiger partial charge on any atom is 0.0654 e. The predicted molar refractivity (Wildman–Crippen MR) is 515 cm³/mol. The van der Waals surface area contributed by atoms with Crippen molar-refractivity contribution in [3.8, 4) is 0 Å². The average Bonchev–Trinajstić information content (AvgIpc) is 0.875. The standard InChI is InChI=1S/C108H220N2O5/c1-7-13-19-25-31-37-43-47-51-57-63-69-75-81-95-112-101-105(89-85-93-109)107(114-97-83-77-71-65-59-53-49-45-39-33-27-21-15-9-3)103(87-79-73-67-61-55-41-35-29-23-17-11-5)91-99-111-100-92-104(88-80-74-68-62-56-42-36-30-24-18-12-6)108(115-98-84-78-72-66-60-54-50-46-40-34-28-22-16-10-4)106(90-86-94-110)102-113-96-82-76-70-64-58-52-48-44-38-32-26-20-14-8-2/h103-108H,7-102,109-110H2,1-6H3. The summed E-state index contributed by atoms with van der Waals surface area (Å²) in [5.41, 5.74) is 13.0. The summed E-state index contributed by atoms with van der Waals surface area (Å²) in [6.07, 6.45) is 117. The van der Waals surface area contributed by atoms with Crippen molar-refractivity contribution in [2.75, 3.05) is 65.9 Å². The minimum absolute atomic E-state index is 0.172. The van der Waals surface area contributed by atoms with Crippen LogP contribution in [0, 0.1) is 23.7 Å². The average molecular weight is 1630 g/mol. The molecule has 0 aliphatic heterocycles. The molecule has 0 saturated carbocycles. The van der Waals surface area contributed by atoms with Crippen LogP contribution in [0.5, 0.6) is 0 Å². The highest BCUT2D eigenvalue weighted by Crippen LogP contribution is 2.34. The van der Waals surface area contributed by atoms with Gasteiger partial charge in [0.15, 0.2) is 0 Å². The number of ether oxygens (including phenoxy) is 5. The zero-order valence-electron chi connectivity index (χ0n) is 80.5. The fourth-order valence-corrected chi connectivity index (χ4v) is 18.7. The molecule has 7 heteroatoms. The zero-order valence-corrected chi connectivity index (χ0v) is 80.5. The van der Waals surface area contributed by atoms with Gasteiger partial charge in [-0.15, -0.1) is 0 Å². The Bertz CT molecular complexity index is 1570. The first-order valence-electron chi connectivity index (χ1n) is 54.4. The monoisotopic (exact) mass is 1630 g/mol. The van der Waals surface area contributed by atoms with Gasteiger partial charge >= 0.3 is 0 Å². The summed E-state index contributed by atoms with van der Waals surface area (Å²) in [7, 11) is 0. The van der Waals surface area contributed by atoms with E-state index in [4.69, 9.17) is 35.2 Å². The van der Waals surface area contributed by atoms with E-state index >= 15 is 0 Å². The van der Waals surface area contributed by atoms with E-state index in [2.05, 4.69) is 41.5 Å². The first-order chi connectivity index (χ1) is 57.1. The Hall–Kier alpha value is -0.280. The first kappa shape index (κ1) is 115. The molecular formula is C108H220N2O5. The molecule has 0 aromatic carbocycles. The molecule has 0 radical (unpaired) electrons. The summed E-state index contributed by atoms with van der Waals surface area (Å²) < 4.78 is 35.9. The second-order valence-corrected chi connectivity index (χ2v) is 37.9. The van der Waals surface area contributed by atoms with Gasteiger partial charge < -0.3 is 35.2 Å². The van der Waals surface area contributed by atoms with Crippen LogP contribution in [0.2, 0.25) is 0 Å². The van der Waals surface area contributed by atoms with Crippen LogP contribution >= 0.6 is 0 Å². The van der Waals surface area contributed by atoms with Gasteiger partial charge in [0, 0.05) is 51.5 Å². The Morgan fingerprint density at radius 1 is 0.148 bits per heavy atom. The number of rotatable bonds is 106. The predicted octanol–water partition coefficient (Wildman–Crippen LogP) is 35.9. The van der Waals surface area contributed by atoms with E-state index in [-0.39, 0.29) is 12.2 Å². The molecule has 7 nitrogen and oxygen atoms in total. The normalized spacial score (nSPS) is 13.6. The molecule has 0 fully saturated rings. The summed E-state index contributed by atoms with van der Waals surface area (Å²) in [4.78, 5) is 0. The molecule has 6 atom stereocenters. The van der Waals surface area contributed by atoms with Gasteiger partial charge in [-0.1, -0.05) is 517 Å². The summed E-state index contributed by atoms with van der Waals surface area (Å²) in [5.74, 6) is 1.61. The molecule has 4 N–H and O–H groups in total. The zero-order chi connectivity index (χ0) is 82.9. The highest BCUT2D eigenvalue weighted by molar-refractivity contribution is 4.82. The van der Waals surface area contributed by atoms with Crippen LogP contribution in [-0.2, 0) is 23.7 Å². The number of unbranched alkanes of at least 4 members (excludes halogenated alkanes) is 72. The molecule has 0 spiro atoms. The van der Waals surface area contributed by atoms with Crippen LogP contribution in [-0.4, -0.2) is 78.2 Å². The lowest BCUT2D eigenvalue weighted by Gasteiger charge is -2.35. The second-order valence-electron chi connectivity index (χ2n) is 37.9. The summed E-state index contributed by atoms with van der Waals surface area (Å²) in [6, 6.07) is 0. The van der Waals surface area contributed by atoms with Gasteiger partial charge in [-0.25, -0.2) is 0 Å². The Morgan fingerprint density at radius 2 is 0.313 bits per heavy atom. The van der Waals surface area contributed by atoms with Gasteiger partial charge in [0.05, 0.1) is 25.4 Å². The minimum Gasteiger partial charge on any atom is -0.381 e. The van der Waals surface area contributed by atoms with E-state index in [9.17, 15) is 0 Å². The molecule has 0 heterocycles. The number of hydrogen-bond donors (Lipinski definition) is 2. The summed E-state index contributed by atoms with van der Waals surface area (Å²) in [6.45, 7) is 22.1. The molecular weight excluding hydrogens is 1410 g/mol. The van der Waals surface area contributed by atoms with Crippen molar-refractivity contribution in [1.82, 2.24) is 0 Å². The van der Waals surface area contributed by atoms with Crippen molar-refractivity contribution in [3.05, 3.63) is 0 Å². The molecule has 6 unspecified atom stereocenters. The maximum atomic E-state index is 7.48. The van der Waals surface area contributed by atoms with Gasteiger partial charge in [0.25, 0.3) is 0 Å². The molecule has 0 rings (SSSR count). The summed E-state index contributed by atoms with van der Waals surface area (Å²) >= 11 is 0. The summed E-state index contributed by atoms with van der Waals surface area (Å²) in [5, 5.41) is 0. The van der Waals surface area contributed by atoms with Gasteiger partial charge in [0.2, 0.25) is 0 Å². The van der Waals surface area contributed by atoms with E-state index in [1.807, 2.05) is 0 Å². The molecule has 692 valence electrons. The van der Waals surface area contributed by atoms with Crippen LogP contribution in [0.25, 0.3) is 0 Å². The van der Waals surface area contributed by atoms with Crippen molar-refractivity contribution >= 4 is 0 Å². The van der Waals surface area contributed by atoms with Crippen molar-refractivity contribution in [1.29, 1.82) is 0 Å². The van der Waals surface area contributed by atoms with Crippen molar-refractivity contribution in [2.45, 2.75) is 606 Å². The quantitative estimate of drug-likeness (QED) is 0.0586. The van der Waals surface area contributed by atoms with Gasteiger partial charge in [-0.05, 0) is 102 Å². The maximum absolute atomic E-state index is 7.48. The molecule has 0 bridgehead atoms. The number of hydrogen-bond acceptors (Lipinski definition) is 7. The van der Waals surface area contributed by atoms with Gasteiger partial charge in [0.1, 0.15) is 0 Å². The Balaban J connectivity index is 6.84. The molecule has 0 aromatic rings. The Morgan fingerprint density at radius 3 is 0.504 bits per heavy atom. The van der Waals surface area contributed by atoms with E-state index in [1.165, 1.54) is 514 Å². The van der Waals surface area contributed by atoms with Crippen LogP contribution in [0.4, 0.5) is 0 Å².